The maximum atomic E-state index is 13.4. The van der Waals surface area contributed by atoms with E-state index in [1.165, 1.54) is 14.2 Å². The number of ketones is 1. The van der Waals surface area contributed by atoms with Gasteiger partial charge in [-0.25, -0.2) is 0 Å². The molecule has 0 N–H and O–H groups in total. The van der Waals surface area contributed by atoms with Crippen LogP contribution in [0.5, 0.6) is 11.5 Å². The predicted molar refractivity (Wildman–Crippen MR) is 98.9 cm³/mol. The molecule has 0 heterocycles. The van der Waals surface area contributed by atoms with Crippen molar-refractivity contribution in [1.29, 1.82) is 0 Å². The molecule has 26 heavy (non-hydrogen) atoms. The van der Waals surface area contributed by atoms with E-state index in [-0.39, 0.29) is 11.7 Å². The Labute approximate surface area is 153 Å². The Kier molecular flexibility index (Phi) is 6.78. The molecule has 0 bridgehead atoms. The molecule has 0 aliphatic rings. The highest BCUT2D eigenvalue weighted by Gasteiger charge is 2.35. The minimum atomic E-state index is -1.09. The van der Waals surface area contributed by atoms with Crippen LogP contribution < -0.4 is 9.47 Å². The molecular formula is C21H24O5. The Morgan fingerprint density at radius 3 is 2.00 bits per heavy atom. The topological polar surface area (TPSA) is 61.8 Å². The Balaban J connectivity index is 2.53. The summed E-state index contributed by atoms with van der Waals surface area (Å²) in [7, 11) is 2.95. The maximum Gasteiger partial charge on any atom is 0.321 e. The summed E-state index contributed by atoms with van der Waals surface area (Å²) in [6.07, 6.45) is 0.389. The first-order chi connectivity index (χ1) is 12.5. The third kappa shape index (κ3) is 4.23. The van der Waals surface area contributed by atoms with Crippen LogP contribution in [0.1, 0.15) is 42.1 Å². The van der Waals surface area contributed by atoms with Crippen LogP contribution >= 0.6 is 0 Å². The molecule has 0 spiro atoms. The second kappa shape index (κ2) is 9.04. The van der Waals surface area contributed by atoms with Gasteiger partial charge in [0, 0.05) is 0 Å². The Morgan fingerprint density at radius 2 is 1.50 bits per heavy atom. The van der Waals surface area contributed by atoms with Crippen LogP contribution in [0.25, 0.3) is 0 Å². The highest BCUT2D eigenvalue weighted by atomic mass is 16.5. The number of esters is 1. The molecule has 2 aromatic rings. The summed E-state index contributed by atoms with van der Waals surface area (Å²) in [5.41, 5.74) is 0.797. The van der Waals surface area contributed by atoms with Gasteiger partial charge in [-0.1, -0.05) is 43.3 Å². The Hall–Kier alpha value is -2.82. The zero-order chi connectivity index (χ0) is 19.1. The summed E-state index contributed by atoms with van der Waals surface area (Å²) in [6.45, 7) is 3.72. The molecule has 5 nitrogen and oxygen atoms in total. The van der Waals surface area contributed by atoms with Crippen molar-refractivity contribution in [3.05, 3.63) is 59.7 Å². The van der Waals surface area contributed by atoms with Gasteiger partial charge in [0.2, 0.25) is 0 Å². The van der Waals surface area contributed by atoms with Crippen molar-refractivity contribution in [1.82, 2.24) is 0 Å². The standard InChI is InChI=1S/C21H24O5/c1-5-14(2)26-21(23)18(15-10-7-6-8-11-15)20(22)19-16(24-3)12-9-13-17(19)25-4/h6-14,18H,5H2,1-4H3. The summed E-state index contributed by atoms with van der Waals surface area (Å²) in [5.74, 6) is -1.38. The van der Waals surface area contributed by atoms with Gasteiger partial charge < -0.3 is 14.2 Å². The lowest BCUT2D eigenvalue weighted by Gasteiger charge is -2.20. The zero-order valence-electron chi connectivity index (χ0n) is 15.5. The molecule has 0 fully saturated rings. The lowest BCUT2D eigenvalue weighted by molar-refractivity contribution is -0.148. The summed E-state index contributed by atoms with van der Waals surface area (Å²) in [6, 6.07) is 13.9. The molecule has 0 radical (unpaired) electrons. The summed E-state index contributed by atoms with van der Waals surface area (Å²) < 4.78 is 16.1. The summed E-state index contributed by atoms with van der Waals surface area (Å²) in [5, 5.41) is 0. The number of carbonyl (C=O) groups excluding carboxylic acids is 2. The molecule has 0 saturated carbocycles. The van der Waals surface area contributed by atoms with Crippen LogP contribution in [0, 0.1) is 0 Å². The van der Waals surface area contributed by atoms with Crippen LogP contribution in [0.2, 0.25) is 0 Å². The number of hydrogen-bond donors (Lipinski definition) is 0. The number of Topliss-reactive ketones (excluding diaryl/α,β-unsaturated/α-hetero) is 1. The molecule has 2 aromatic carbocycles. The lowest BCUT2D eigenvalue weighted by Crippen LogP contribution is -2.27. The van der Waals surface area contributed by atoms with Crippen LogP contribution in [0.3, 0.4) is 0 Å². The fraction of sp³-hybridized carbons (Fsp3) is 0.333. The SMILES string of the molecule is CCC(C)OC(=O)C(C(=O)c1c(OC)cccc1OC)c1ccccc1. The minimum Gasteiger partial charge on any atom is -0.496 e. The molecular weight excluding hydrogens is 332 g/mol. The van der Waals surface area contributed by atoms with Crippen molar-refractivity contribution in [2.45, 2.75) is 32.3 Å². The van der Waals surface area contributed by atoms with Crippen molar-refractivity contribution in [2.75, 3.05) is 14.2 Å². The van der Waals surface area contributed by atoms with Gasteiger partial charge in [-0.15, -0.1) is 0 Å². The fourth-order valence-electron chi connectivity index (χ4n) is 2.63. The van der Waals surface area contributed by atoms with Gasteiger partial charge in [-0.2, -0.15) is 0 Å². The number of benzene rings is 2. The van der Waals surface area contributed by atoms with E-state index in [2.05, 4.69) is 0 Å². The van der Waals surface area contributed by atoms with Crippen molar-refractivity contribution in [2.24, 2.45) is 0 Å². The molecule has 0 saturated heterocycles. The first kappa shape index (κ1) is 19.5. The van der Waals surface area contributed by atoms with E-state index >= 15 is 0 Å². The molecule has 0 aliphatic heterocycles. The maximum absolute atomic E-state index is 13.4. The molecule has 2 rings (SSSR count). The van der Waals surface area contributed by atoms with Gasteiger partial charge in [0.05, 0.1) is 20.3 Å². The first-order valence-electron chi connectivity index (χ1n) is 8.54. The van der Waals surface area contributed by atoms with Crippen molar-refractivity contribution < 1.29 is 23.8 Å². The zero-order valence-corrected chi connectivity index (χ0v) is 15.5. The van der Waals surface area contributed by atoms with Crippen LogP contribution in [0.15, 0.2) is 48.5 Å². The number of ether oxygens (including phenoxy) is 3. The quantitative estimate of drug-likeness (QED) is 0.406. The average Bonchev–Trinajstić information content (AvgIpc) is 2.67. The minimum absolute atomic E-state index is 0.229. The van der Waals surface area contributed by atoms with Crippen molar-refractivity contribution in [3.63, 3.8) is 0 Å². The van der Waals surface area contributed by atoms with Crippen LogP contribution in [-0.4, -0.2) is 32.1 Å². The van der Waals surface area contributed by atoms with Crippen LogP contribution in [-0.2, 0) is 9.53 Å². The predicted octanol–water partition coefficient (Wildman–Crippen LogP) is 4.01. The second-order valence-corrected chi connectivity index (χ2v) is 5.90. The fourth-order valence-corrected chi connectivity index (χ4v) is 2.63. The average molecular weight is 356 g/mol. The molecule has 2 atom stereocenters. The smallest absolute Gasteiger partial charge is 0.321 e. The number of carbonyl (C=O) groups is 2. The second-order valence-electron chi connectivity index (χ2n) is 5.90. The number of rotatable bonds is 8. The van der Waals surface area contributed by atoms with Crippen molar-refractivity contribution >= 4 is 11.8 Å². The van der Waals surface area contributed by atoms with Crippen molar-refractivity contribution in [3.8, 4) is 11.5 Å². The largest absolute Gasteiger partial charge is 0.496 e. The number of methoxy groups -OCH3 is 2. The summed E-state index contributed by atoms with van der Waals surface area (Å²) in [4.78, 5) is 26.2. The summed E-state index contributed by atoms with van der Waals surface area (Å²) >= 11 is 0. The van der Waals surface area contributed by atoms with E-state index in [9.17, 15) is 9.59 Å². The Morgan fingerprint density at radius 1 is 0.923 bits per heavy atom. The lowest BCUT2D eigenvalue weighted by atomic mass is 9.89. The van der Waals surface area contributed by atoms with Gasteiger partial charge >= 0.3 is 5.97 Å². The third-order valence-corrected chi connectivity index (χ3v) is 4.20. The van der Waals surface area contributed by atoms with Gasteiger partial charge in [-0.3, -0.25) is 9.59 Å². The molecule has 0 aromatic heterocycles. The van der Waals surface area contributed by atoms with Crippen LogP contribution in [0.4, 0.5) is 0 Å². The number of hydrogen-bond acceptors (Lipinski definition) is 5. The first-order valence-corrected chi connectivity index (χ1v) is 8.54. The molecule has 0 amide bonds. The highest BCUT2D eigenvalue weighted by Crippen LogP contribution is 2.34. The van der Waals surface area contributed by atoms with E-state index in [0.29, 0.717) is 23.5 Å². The van der Waals surface area contributed by atoms with Gasteiger partial charge in [0.15, 0.2) is 5.78 Å². The van der Waals surface area contributed by atoms with E-state index in [1.807, 2.05) is 13.0 Å². The van der Waals surface area contributed by atoms with E-state index in [0.717, 1.165) is 0 Å². The van der Waals surface area contributed by atoms with Gasteiger partial charge in [0.25, 0.3) is 0 Å². The van der Waals surface area contributed by atoms with Gasteiger partial charge in [-0.05, 0) is 31.0 Å². The Bertz CT molecular complexity index is 732. The molecule has 5 heteroatoms. The molecule has 2 unspecified atom stereocenters. The van der Waals surface area contributed by atoms with Gasteiger partial charge in [0.1, 0.15) is 23.0 Å². The molecule has 138 valence electrons. The highest BCUT2D eigenvalue weighted by molar-refractivity contribution is 6.15. The molecule has 0 aliphatic carbocycles. The van der Waals surface area contributed by atoms with E-state index in [1.54, 1.807) is 49.4 Å². The third-order valence-electron chi connectivity index (χ3n) is 4.20. The van der Waals surface area contributed by atoms with E-state index < -0.39 is 17.7 Å². The monoisotopic (exact) mass is 356 g/mol. The van der Waals surface area contributed by atoms with E-state index in [4.69, 9.17) is 14.2 Å². The normalized spacial score (nSPS) is 12.8.